The Morgan fingerprint density at radius 1 is 0.947 bits per heavy atom. The van der Waals surface area contributed by atoms with Crippen molar-refractivity contribution in [2.75, 3.05) is 5.32 Å². The van der Waals surface area contributed by atoms with Crippen molar-refractivity contribution in [3.63, 3.8) is 0 Å². The molecule has 19 heavy (non-hydrogen) atoms. The number of aryl methyl sites for hydroxylation is 2. The van der Waals surface area contributed by atoms with Gasteiger partial charge in [-0.15, -0.1) is 0 Å². The first-order valence-electron chi connectivity index (χ1n) is 6.73. The predicted molar refractivity (Wildman–Crippen MR) is 82.2 cm³/mol. The summed E-state index contributed by atoms with van der Waals surface area (Å²) in [5.41, 5.74) is 6.70. The van der Waals surface area contributed by atoms with E-state index < -0.39 is 0 Å². The molecule has 0 amide bonds. The number of hydrogen-bond donors (Lipinski definition) is 1. The molecule has 1 aliphatic carbocycles. The topological polar surface area (TPSA) is 12.0 Å². The summed E-state index contributed by atoms with van der Waals surface area (Å²) in [5.74, 6) is 0. The highest BCUT2D eigenvalue weighted by Crippen LogP contribution is 2.27. The molecule has 1 unspecified atom stereocenters. The van der Waals surface area contributed by atoms with E-state index >= 15 is 0 Å². The molecular formula is C17H18ClN. The zero-order valence-corrected chi connectivity index (χ0v) is 12.1. The normalized spacial score (nSPS) is 17.3. The average molecular weight is 272 g/mol. The fourth-order valence-corrected chi connectivity index (χ4v) is 2.95. The van der Waals surface area contributed by atoms with Crippen molar-refractivity contribution in [1.82, 2.24) is 0 Å². The van der Waals surface area contributed by atoms with E-state index in [2.05, 4.69) is 49.5 Å². The SMILES string of the molecule is Cc1ccc(NC2Cc3ccc(Cl)cc3C2)cc1C. The number of rotatable bonds is 2. The van der Waals surface area contributed by atoms with Crippen LogP contribution in [-0.2, 0) is 12.8 Å². The van der Waals surface area contributed by atoms with Crippen LogP contribution in [0.15, 0.2) is 36.4 Å². The minimum Gasteiger partial charge on any atom is -0.382 e. The number of anilines is 1. The summed E-state index contributed by atoms with van der Waals surface area (Å²) in [5, 5.41) is 4.47. The zero-order chi connectivity index (χ0) is 13.4. The maximum atomic E-state index is 6.05. The number of halogens is 1. The van der Waals surface area contributed by atoms with E-state index in [9.17, 15) is 0 Å². The molecule has 1 nitrogen and oxygen atoms in total. The maximum absolute atomic E-state index is 6.05. The molecule has 1 atom stereocenters. The summed E-state index contributed by atoms with van der Waals surface area (Å²) in [6.07, 6.45) is 2.14. The Labute approximate surface area is 119 Å². The van der Waals surface area contributed by atoms with Gasteiger partial charge in [-0.1, -0.05) is 23.7 Å². The molecule has 0 aromatic heterocycles. The van der Waals surface area contributed by atoms with Gasteiger partial charge in [-0.3, -0.25) is 0 Å². The van der Waals surface area contributed by atoms with E-state index in [1.54, 1.807) is 0 Å². The second kappa shape index (κ2) is 4.90. The minimum atomic E-state index is 0.482. The minimum absolute atomic E-state index is 0.482. The highest BCUT2D eigenvalue weighted by molar-refractivity contribution is 6.30. The summed E-state index contributed by atoms with van der Waals surface area (Å²) in [6.45, 7) is 4.30. The Kier molecular flexibility index (Phi) is 3.24. The van der Waals surface area contributed by atoms with E-state index in [1.807, 2.05) is 6.07 Å². The molecule has 0 aliphatic heterocycles. The van der Waals surface area contributed by atoms with Crippen LogP contribution in [0.25, 0.3) is 0 Å². The third-order valence-electron chi connectivity index (χ3n) is 3.98. The molecule has 2 aromatic rings. The van der Waals surface area contributed by atoms with E-state index in [0.29, 0.717) is 6.04 Å². The van der Waals surface area contributed by atoms with Gasteiger partial charge in [0.25, 0.3) is 0 Å². The Balaban J connectivity index is 1.75. The molecule has 0 radical (unpaired) electrons. The molecule has 0 saturated heterocycles. The molecule has 3 rings (SSSR count). The fraction of sp³-hybridized carbons (Fsp3) is 0.294. The second-order valence-corrected chi connectivity index (χ2v) is 5.90. The Morgan fingerprint density at radius 2 is 1.74 bits per heavy atom. The first kappa shape index (κ1) is 12.6. The summed E-state index contributed by atoms with van der Waals surface area (Å²) in [4.78, 5) is 0. The van der Waals surface area contributed by atoms with Crippen molar-refractivity contribution >= 4 is 17.3 Å². The van der Waals surface area contributed by atoms with Crippen LogP contribution in [-0.4, -0.2) is 6.04 Å². The van der Waals surface area contributed by atoms with Crippen molar-refractivity contribution in [3.05, 3.63) is 63.7 Å². The first-order chi connectivity index (χ1) is 9.11. The summed E-state index contributed by atoms with van der Waals surface area (Å²) in [7, 11) is 0. The predicted octanol–water partition coefficient (Wildman–Crippen LogP) is 4.54. The zero-order valence-electron chi connectivity index (χ0n) is 11.3. The average Bonchev–Trinajstić information content (AvgIpc) is 2.75. The smallest absolute Gasteiger partial charge is 0.0408 e. The highest BCUT2D eigenvalue weighted by Gasteiger charge is 2.21. The molecule has 0 heterocycles. The van der Waals surface area contributed by atoms with Crippen LogP contribution in [0.1, 0.15) is 22.3 Å². The van der Waals surface area contributed by atoms with Crippen molar-refractivity contribution in [3.8, 4) is 0 Å². The number of nitrogens with one attached hydrogen (secondary N) is 1. The van der Waals surface area contributed by atoms with Crippen LogP contribution in [0.3, 0.4) is 0 Å². The van der Waals surface area contributed by atoms with Crippen LogP contribution in [0.2, 0.25) is 5.02 Å². The Morgan fingerprint density at radius 3 is 2.53 bits per heavy atom. The molecule has 0 bridgehead atoms. The van der Waals surface area contributed by atoms with Crippen LogP contribution < -0.4 is 5.32 Å². The monoisotopic (exact) mass is 271 g/mol. The van der Waals surface area contributed by atoms with Gasteiger partial charge >= 0.3 is 0 Å². The lowest BCUT2D eigenvalue weighted by Gasteiger charge is -2.14. The molecule has 1 aliphatic rings. The molecule has 98 valence electrons. The van der Waals surface area contributed by atoms with Gasteiger partial charge in [0.2, 0.25) is 0 Å². The quantitative estimate of drug-likeness (QED) is 0.846. The standard InChI is InChI=1S/C17H18ClN/c1-11-3-6-16(7-12(11)2)19-17-9-13-4-5-15(18)8-14(13)10-17/h3-8,17,19H,9-10H2,1-2H3. The number of benzene rings is 2. The van der Waals surface area contributed by atoms with Gasteiger partial charge in [0.05, 0.1) is 0 Å². The lowest BCUT2D eigenvalue weighted by Crippen LogP contribution is -2.19. The van der Waals surface area contributed by atoms with Crippen LogP contribution in [0.4, 0.5) is 5.69 Å². The van der Waals surface area contributed by atoms with Gasteiger partial charge in [0.15, 0.2) is 0 Å². The van der Waals surface area contributed by atoms with Crippen molar-refractivity contribution in [1.29, 1.82) is 0 Å². The van der Waals surface area contributed by atoms with E-state index in [0.717, 1.165) is 17.9 Å². The molecule has 0 fully saturated rings. The highest BCUT2D eigenvalue weighted by atomic mass is 35.5. The lowest BCUT2D eigenvalue weighted by molar-refractivity contribution is 0.774. The van der Waals surface area contributed by atoms with E-state index in [-0.39, 0.29) is 0 Å². The van der Waals surface area contributed by atoms with E-state index in [4.69, 9.17) is 11.6 Å². The molecule has 2 aromatic carbocycles. The summed E-state index contributed by atoms with van der Waals surface area (Å²) in [6, 6.07) is 13.3. The van der Waals surface area contributed by atoms with Crippen molar-refractivity contribution in [2.24, 2.45) is 0 Å². The molecule has 0 saturated carbocycles. The lowest BCUT2D eigenvalue weighted by atomic mass is 10.1. The molecular weight excluding hydrogens is 254 g/mol. The molecule has 0 spiro atoms. The van der Waals surface area contributed by atoms with Gasteiger partial charge in [-0.05, 0) is 73.2 Å². The largest absolute Gasteiger partial charge is 0.382 e. The summed E-state index contributed by atoms with van der Waals surface area (Å²) >= 11 is 6.05. The van der Waals surface area contributed by atoms with Gasteiger partial charge in [0, 0.05) is 16.8 Å². The number of fused-ring (bicyclic) bond motifs is 1. The Hall–Kier alpha value is -1.47. The van der Waals surface area contributed by atoms with Crippen LogP contribution in [0, 0.1) is 13.8 Å². The van der Waals surface area contributed by atoms with Crippen molar-refractivity contribution in [2.45, 2.75) is 32.7 Å². The van der Waals surface area contributed by atoms with Gasteiger partial charge in [0.1, 0.15) is 0 Å². The van der Waals surface area contributed by atoms with Gasteiger partial charge in [-0.25, -0.2) is 0 Å². The first-order valence-corrected chi connectivity index (χ1v) is 7.11. The van der Waals surface area contributed by atoms with Gasteiger partial charge in [-0.2, -0.15) is 0 Å². The summed E-state index contributed by atoms with van der Waals surface area (Å²) < 4.78 is 0. The molecule has 2 heteroatoms. The number of hydrogen-bond acceptors (Lipinski definition) is 1. The third-order valence-corrected chi connectivity index (χ3v) is 4.21. The molecule has 1 N–H and O–H groups in total. The second-order valence-electron chi connectivity index (χ2n) is 5.46. The Bertz CT molecular complexity index is 619. The van der Waals surface area contributed by atoms with Crippen LogP contribution in [0.5, 0.6) is 0 Å². The van der Waals surface area contributed by atoms with Gasteiger partial charge < -0.3 is 5.32 Å². The van der Waals surface area contributed by atoms with Crippen molar-refractivity contribution < 1.29 is 0 Å². The van der Waals surface area contributed by atoms with Crippen LogP contribution >= 0.6 is 11.6 Å². The maximum Gasteiger partial charge on any atom is 0.0408 e. The fourth-order valence-electron chi connectivity index (χ4n) is 2.76. The van der Waals surface area contributed by atoms with E-state index in [1.165, 1.54) is 27.9 Å². The third kappa shape index (κ3) is 2.62.